The van der Waals surface area contributed by atoms with E-state index in [4.69, 9.17) is 0 Å². The highest BCUT2D eigenvalue weighted by Crippen LogP contribution is 2.21. The Bertz CT molecular complexity index is 594. The van der Waals surface area contributed by atoms with Crippen molar-refractivity contribution in [3.63, 3.8) is 0 Å². The summed E-state index contributed by atoms with van der Waals surface area (Å²) in [6, 6.07) is 1.98. The van der Waals surface area contributed by atoms with Crippen LogP contribution in [0.15, 0.2) is 6.07 Å². The Labute approximate surface area is 133 Å². The molecular formula is C14H27N5O2S. The molecule has 1 unspecified atom stereocenters. The lowest BCUT2D eigenvalue weighted by molar-refractivity contribution is 0.407. The first kappa shape index (κ1) is 17.2. The van der Waals surface area contributed by atoms with E-state index >= 15 is 0 Å². The summed E-state index contributed by atoms with van der Waals surface area (Å²) in [5.41, 5.74) is 0.975. The van der Waals surface area contributed by atoms with Crippen LogP contribution in [0.4, 0.5) is 5.82 Å². The Morgan fingerprint density at radius 1 is 1.41 bits per heavy atom. The van der Waals surface area contributed by atoms with Crippen LogP contribution in [0.25, 0.3) is 0 Å². The minimum absolute atomic E-state index is 0.0606. The standard InChI is InChI=1S/C14H27N5O2S/c1-5-19(6-2)22(20,21)16-13-8-7-9-18(11-13)14-10-12(3)15-17(14)4/h10,13,16H,5-9,11H2,1-4H3. The highest BCUT2D eigenvalue weighted by atomic mass is 32.2. The molecule has 1 fully saturated rings. The molecule has 2 rings (SSSR count). The smallest absolute Gasteiger partial charge is 0.279 e. The number of hydrogen-bond donors (Lipinski definition) is 1. The topological polar surface area (TPSA) is 70.5 Å². The van der Waals surface area contributed by atoms with Crippen LogP contribution in [0.5, 0.6) is 0 Å². The minimum Gasteiger partial charge on any atom is -0.355 e. The van der Waals surface area contributed by atoms with E-state index in [1.807, 2.05) is 38.6 Å². The quantitative estimate of drug-likeness (QED) is 0.841. The number of aryl methyl sites for hydroxylation is 2. The molecule has 2 heterocycles. The molecule has 22 heavy (non-hydrogen) atoms. The summed E-state index contributed by atoms with van der Waals surface area (Å²) >= 11 is 0. The van der Waals surface area contributed by atoms with E-state index in [9.17, 15) is 8.42 Å². The number of nitrogens with zero attached hydrogens (tertiary/aromatic N) is 4. The maximum atomic E-state index is 12.4. The largest absolute Gasteiger partial charge is 0.355 e. The molecule has 7 nitrogen and oxygen atoms in total. The molecule has 126 valence electrons. The molecule has 1 aromatic heterocycles. The van der Waals surface area contributed by atoms with Crippen molar-refractivity contribution in [2.75, 3.05) is 31.1 Å². The van der Waals surface area contributed by atoms with Gasteiger partial charge in [0.1, 0.15) is 5.82 Å². The second-order valence-electron chi connectivity index (χ2n) is 5.76. The number of nitrogens with one attached hydrogen (secondary N) is 1. The predicted molar refractivity (Wildman–Crippen MR) is 88.2 cm³/mol. The van der Waals surface area contributed by atoms with Gasteiger partial charge in [0.15, 0.2) is 0 Å². The molecule has 1 N–H and O–H groups in total. The van der Waals surface area contributed by atoms with Gasteiger partial charge in [0, 0.05) is 45.3 Å². The van der Waals surface area contributed by atoms with E-state index in [1.54, 1.807) is 0 Å². The van der Waals surface area contributed by atoms with Crippen molar-refractivity contribution in [1.82, 2.24) is 18.8 Å². The van der Waals surface area contributed by atoms with Crippen molar-refractivity contribution in [2.45, 2.75) is 39.7 Å². The summed E-state index contributed by atoms with van der Waals surface area (Å²) in [5.74, 6) is 1.05. The number of anilines is 1. The third kappa shape index (κ3) is 3.80. The zero-order valence-electron chi connectivity index (χ0n) is 13.9. The molecule has 1 aliphatic heterocycles. The van der Waals surface area contributed by atoms with Crippen molar-refractivity contribution >= 4 is 16.0 Å². The van der Waals surface area contributed by atoms with E-state index in [2.05, 4.69) is 14.7 Å². The van der Waals surface area contributed by atoms with Crippen LogP contribution < -0.4 is 9.62 Å². The molecule has 0 saturated carbocycles. The summed E-state index contributed by atoms with van der Waals surface area (Å²) in [5, 5.41) is 4.37. The fourth-order valence-corrected chi connectivity index (χ4v) is 4.47. The number of hydrogen-bond acceptors (Lipinski definition) is 4. The van der Waals surface area contributed by atoms with Crippen molar-refractivity contribution in [1.29, 1.82) is 0 Å². The highest BCUT2D eigenvalue weighted by molar-refractivity contribution is 7.87. The van der Waals surface area contributed by atoms with Crippen molar-refractivity contribution < 1.29 is 8.42 Å². The highest BCUT2D eigenvalue weighted by Gasteiger charge is 2.28. The number of piperidine rings is 1. The van der Waals surface area contributed by atoms with Crippen LogP contribution in [0.2, 0.25) is 0 Å². The Balaban J connectivity index is 2.06. The second-order valence-corrected chi connectivity index (χ2v) is 7.46. The van der Waals surface area contributed by atoms with E-state index in [-0.39, 0.29) is 6.04 Å². The molecule has 0 bridgehead atoms. The SMILES string of the molecule is CCN(CC)S(=O)(=O)NC1CCCN(c2cc(C)nn2C)C1. The lowest BCUT2D eigenvalue weighted by atomic mass is 10.1. The Morgan fingerprint density at radius 2 is 2.09 bits per heavy atom. The van der Waals surface area contributed by atoms with Gasteiger partial charge in [-0.25, -0.2) is 0 Å². The molecule has 8 heteroatoms. The Morgan fingerprint density at radius 3 is 2.64 bits per heavy atom. The first-order valence-electron chi connectivity index (χ1n) is 7.90. The van der Waals surface area contributed by atoms with Gasteiger partial charge < -0.3 is 4.90 Å². The van der Waals surface area contributed by atoms with Gasteiger partial charge in [-0.2, -0.15) is 22.5 Å². The molecule has 1 saturated heterocycles. The molecular weight excluding hydrogens is 302 g/mol. The summed E-state index contributed by atoms with van der Waals surface area (Å²) in [6.07, 6.45) is 1.84. The zero-order chi connectivity index (χ0) is 16.3. The Hall–Kier alpha value is -1.12. The van der Waals surface area contributed by atoms with Crippen LogP contribution in [0, 0.1) is 6.92 Å². The van der Waals surface area contributed by atoms with Gasteiger partial charge >= 0.3 is 0 Å². The van der Waals surface area contributed by atoms with Gasteiger partial charge in [0.05, 0.1) is 5.69 Å². The molecule has 1 aromatic rings. The fourth-order valence-electron chi connectivity index (χ4n) is 3.02. The van der Waals surface area contributed by atoms with Gasteiger partial charge in [-0.3, -0.25) is 4.68 Å². The number of rotatable bonds is 6. The molecule has 1 atom stereocenters. The first-order chi connectivity index (χ1) is 10.4. The van der Waals surface area contributed by atoms with Crippen LogP contribution in [0.1, 0.15) is 32.4 Å². The lowest BCUT2D eigenvalue weighted by Crippen LogP contribution is -2.52. The van der Waals surface area contributed by atoms with Crippen LogP contribution in [0.3, 0.4) is 0 Å². The maximum Gasteiger partial charge on any atom is 0.279 e. The fraction of sp³-hybridized carbons (Fsp3) is 0.786. The number of aromatic nitrogens is 2. The van der Waals surface area contributed by atoms with Crippen molar-refractivity contribution in [3.8, 4) is 0 Å². The molecule has 1 aliphatic rings. The molecule has 0 aromatic carbocycles. The summed E-state index contributed by atoms with van der Waals surface area (Å²) in [6.45, 7) is 8.27. The maximum absolute atomic E-state index is 12.4. The average Bonchev–Trinajstić information content (AvgIpc) is 2.78. The second kappa shape index (κ2) is 6.97. The van der Waals surface area contributed by atoms with Crippen LogP contribution in [-0.2, 0) is 17.3 Å². The predicted octanol–water partition coefficient (Wildman–Crippen LogP) is 0.874. The monoisotopic (exact) mass is 329 g/mol. The van der Waals surface area contributed by atoms with Gasteiger partial charge in [-0.1, -0.05) is 13.8 Å². The summed E-state index contributed by atoms with van der Waals surface area (Å²) < 4.78 is 30.9. The molecule has 0 radical (unpaired) electrons. The van der Waals surface area contributed by atoms with E-state index in [0.717, 1.165) is 30.9 Å². The van der Waals surface area contributed by atoms with Gasteiger partial charge in [0.25, 0.3) is 10.2 Å². The van der Waals surface area contributed by atoms with E-state index in [1.165, 1.54) is 4.31 Å². The minimum atomic E-state index is -3.40. The van der Waals surface area contributed by atoms with Gasteiger partial charge in [-0.05, 0) is 19.8 Å². The van der Waals surface area contributed by atoms with E-state index < -0.39 is 10.2 Å². The molecule has 0 amide bonds. The van der Waals surface area contributed by atoms with Gasteiger partial charge in [-0.15, -0.1) is 0 Å². The average molecular weight is 329 g/mol. The normalized spacial score (nSPS) is 19.9. The Kier molecular flexibility index (Phi) is 5.46. The van der Waals surface area contributed by atoms with Crippen molar-refractivity contribution in [3.05, 3.63) is 11.8 Å². The summed E-state index contributed by atoms with van der Waals surface area (Å²) in [7, 11) is -1.48. The lowest BCUT2D eigenvalue weighted by Gasteiger charge is -2.35. The van der Waals surface area contributed by atoms with E-state index in [0.29, 0.717) is 19.6 Å². The molecule has 0 aliphatic carbocycles. The third-order valence-corrected chi connectivity index (χ3v) is 5.91. The molecule has 0 spiro atoms. The van der Waals surface area contributed by atoms with Crippen LogP contribution >= 0.6 is 0 Å². The van der Waals surface area contributed by atoms with Crippen LogP contribution in [-0.4, -0.2) is 54.7 Å². The van der Waals surface area contributed by atoms with Crippen molar-refractivity contribution in [2.24, 2.45) is 7.05 Å². The third-order valence-electron chi connectivity index (χ3n) is 4.08. The summed E-state index contributed by atoms with van der Waals surface area (Å²) in [4.78, 5) is 2.21. The van der Waals surface area contributed by atoms with Gasteiger partial charge in [0.2, 0.25) is 0 Å². The zero-order valence-corrected chi connectivity index (χ0v) is 14.7. The first-order valence-corrected chi connectivity index (χ1v) is 9.34.